The van der Waals surface area contributed by atoms with Crippen LogP contribution in [-0.4, -0.2) is 54.1 Å². The van der Waals surface area contributed by atoms with Crippen molar-refractivity contribution < 1.29 is 9.90 Å². The Kier molecular flexibility index (Phi) is 7.52. The van der Waals surface area contributed by atoms with Gasteiger partial charge in [0.15, 0.2) is 0 Å². The summed E-state index contributed by atoms with van der Waals surface area (Å²) < 4.78 is 0. The summed E-state index contributed by atoms with van der Waals surface area (Å²) in [6.45, 7) is 6.35. The zero-order chi connectivity index (χ0) is 15.7. The molecule has 0 saturated carbocycles. The van der Waals surface area contributed by atoms with E-state index in [0.29, 0.717) is 13.1 Å². The highest BCUT2D eigenvalue weighted by molar-refractivity contribution is 5.78. The number of likely N-dealkylation sites (N-methyl/N-ethyl adjacent to an activating group) is 2. The van der Waals surface area contributed by atoms with Gasteiger partial charge in [-0.1, -0.05) is 30.0 Å². The SMILES string of the molecule is CCN(CC)C(=O)CN(C)Cc1ccccc1C#CCO. The van der Waals surface area contributed by atoms with Crippen LogP contribution in [0.2, 0.25) is 0 Å². The van der Waals surface area contributed by atoms with Crippen LogP contribution in [0.25, 0.3) is 0 Å². The van der Waals surface area contributed by atoms with Gasteiger partial charge in [-0.15, -0.1) is 0 Å². The van der Waals surface area contributed by atoms with Gasteiger partial charge >= 0.3 is 0 Å². The van der Waals surface area contributed by atoms with Crippen LogP contribution in [0.1, 0.15) is 25.0 Å². The van der Waals surface area contributed by atoms with Crippen LogP contribution in [-0.2, 0) is 11.3 Å². The number of carbonyl (C=O) groups is 1. The molecule has 0 atom stereocenters. The second-order valence-corrected chi connectivity index (χ2v) is 4.86. The Morgan fingerprint density at radius 2 is 1.90 bits per heavy atom. The molecule has 0 radical (unpaired) electrons. The molecule has 0 aromatic heterocycles. The van der Waals surface area contributed by atoms with Crippen molar-refractivity contribution in [1.82, 2.24) is 9.80 Å². The molecule has 4 heteroatoms. The number of carbonyl (C=O) groups excluding carboxylic acids is 1. The summed E-state index contributed by atoms with van der Waals surface area (Å²) in [5, 5.41) is 8.80. The topological polar surface area (TPSA) is 43.8 Å². The number of amides is 1. The molecule has 1 aromatic carbocycles. The first kappa shape index (κ1) is 17.2. The van der Waals surface area contributed by atoms with Crippen LogP contribution < -0.4 is 0 Å². The maximum Gasteiger partial charge on any atom is 0.236 e. The number of rotatable bonds is 6. The van der Waals surface area contributed by atoms with Crippen LogP contribution >= 0.6 is 0 Å². The average molecular weight is 288 g/mol. The normalized spacial score (nSPS) is 10.1. The largest absolute Gasteiger partial charge is 0.384 e. The van der Waals surface area contributed by atoms with Gasteiger partial charge in [-0.25, -0.2) is 0 Å². The number of hydrogen-bond donors (Lipinski definition) is 1. The van der Waals surface area contributed by atoms with Gasteiger partial charge in [0.2, 0.25) is 5.91 Å². The molecule has 0 unspecified atom stereocenters. The van der Waals surface area contributed by atoms with E-state index in [4.69, 9.17) is 5.11 Å². The predicted octanol–water partition coefficient (Wildman–Crippen LogP) is 1.33. The minimum atomic E-state index is -0.148. The number of aliphatic hydroxyl groups excluding tert-OH is 1. The predicted molar refractivity (Wildman–Crippen MR) is 84.7 cm³/mol. The monoisotopic (exact) mass is 288 g/mol. The van der Waals surface area contributed by atoms with E-state index in [1.807, 2.05) is 55.0 Å². The molecular formula is C17H24N2O2. The lowest BCUT2D eigenvalue weighted by atomic mass is 10.1. The van der Waals surface area contributed by atoms with Gasteiger partial charge in [-0.2, -0.15) is 0 Å². The smallest absolute Gasteiger partial charge is 0.236 e. The van der Waals surface area contributed by atoms with E-state index in [1.54, 1.807) is 0 Å². The summed E-state index contributed by atoms with van der Waals surface area (Å²) in [4.78, 5) is 15.9. The zero-order valence-corrected chi connectivity index (χ0v) is 13.1. The Bertz CT molecular complexity index is 513. The lowest BCUT2D eigenvalue weighted by Crippen LogP contribution is -2.38. The Balaban J connectivity index is 2.71. The lowest BCUT2D eigenvalue weighted by Gasteiger charge is -2.23. The molecule has 1 rings (SSSR count). The molecule has 1 aromatic rings. The second kappa shape index (κ2) is 9.17. The number of aliphatic hydroxyl groups is 1. The van der Waals surface area contributed by atoms with E-state index in [1.165, 1.54) is 0 Å². The third-order valence-electron chi connectivity index (χ3n) is 3.28. The summed E-state index contributed by atoms with van der Waals surface area (Å²) in [5.41, 5.74) is 1.96. The average Bonchev–Trinajstić information content (AvgIpc) is 2.47. The molecule has 0 aliphatic rings. The van der Waals surface area contributed by atoms with Gasteiger partial charge in [-0.3, -0.25) is 9.69 Å². The van der Waals surface area contributed by atoms with Gasteiger partial charge in [-0.05, 0) is 32.5 Å². The Hall–Kier alpha value is -1.83. The molecule has 21 heavy (non-hydrogen) atoms. The van der Waals surface area contributed by atoms with Crippen molar-refractivity contribution in [3.05, 3.63) is 35.4 Å². The summed E-state index contributed by atoms with van der Waals surface area (Å²) in [6.07, 6.45) is 0. The quantitative estimate of drug-likeness (QED) is 0.803. The molecule has 114 valence electrons. The number of nitrogens with zero attached hydrogens (tertiary/aromatic N) is 2. The molecule has 4 nitrogen and oxygen atoms in total. The van der Waals surface area contributed by atoms with Crippen LogP contribution in [0.5, 0.6) is 0 Å². The van der Waals surface area contributed by atoms with Crippen molar-refractivity contribution in [2.24, 2.45) is 0 Å². The van der Waals surface area contributed by atoms with Crippen molar-refractivity contribution >= 4 is 5.91 Å². The first-order valence-electron chi connectivity index (χ1n) is 7.26. The fourth-order valence-electron chi connectivity index (χ4n) is 2.17. The van der Waals surface area contributed by atoms with Crippen LogP contribution in [0, 0.1) is 11.8 Å². The summed E-state index contributed by atoms with van der Waals surface area (Å²) in [5.74, 6) is 5.75. The lowest BCUT2D eigenvalue weighted by molar-refractivity contribution is -0.131. The van der Waals surface area contributed by atoms with Gasteiger partial charge < -0.3 is 10.0 Å². The van der Waals surface area contributed by atoms with Crippen molar-refractivity contribution in [2.75, 3.05) is 33.3 Å². The molecule has 0 saturated heterocycles. The Morgan fingerprint density at radius 3 is 2.52 bits per heavy atom. The van der Waals surface area contributed by atoms with Crippen molar-refractivity contribution in [3.63, 3.8) is 0 Å². The minimum absolute atomic E-state index is 0.140. The molecule has 0 fully saturated rings. The second-order valence-electron chi connectivity index (χ2n) is 4.86. The number of benzene rings is 1. The molecule has 0 bridgehead atoms. The fourth-order valence-corrected chi connectivity index (χ4v) is 2.17. The standard InChI is InChI=1S/C17H24N2O2/c1-4-19(5-2)17(21)14-18(3)13-16-10-7-6-9-15(16)11-8-12-20/h6-7,9-10,20H,4-5,12-14H2,1-3H3. The molecule has 0 aliphatic carbocycles. The first-order valence-corrected chi connectivity index (χ1v) is 7.26. The third kappa shape index (κ3) is 5.58. The highest BCUT2D eigenvalue weighted by atomic mass is 16.2. The highest BCUT2D eigenvalue weighted by Gasteiger charge is 2.13. The van der Waals surface area contributed by atoms with Crippen molar-refractivity contribution in [1.29, 1.82) is 0 Å². The van der Waals surface area contributed by atoms with Crippen molar-refractivity contribution in [2.45, 2.75) is 20.4 Å². The maximum atomic E-state index is 12.1. The van der Waals surface area contributed by atoms with E-state index in [-0.39, 0.29) is 12.5 Å². The Labute approximate surface area is 127 Å². The van der Waals surface area contributed by atoms with Gasteiger partial charge in [0.25, 0.3) is 0 Å². The summed E-state index contributed by atoms with van der Waals surface area (Å²) in [6, 6.07) is 7.81. The highest BCUT2D eigenvalue weighted by Crippen LogP contribution is 2.10. The first-order chi connectivity index (χ1) is 10.1. The van der Waals surface area contributed by atoms with E-state index >= 15 is 0 Å². The van der Waals surface area contributed by atoms with E-state index in [2.05, 4.69) is 11.8 Å². The molecular weight excluding hydrogens is 264 g/mol. The maximum absolute atomic E-state index is 12.1. The Morgan fingerprint density at radius 1 is 1.24 bits per heavy atom. The molecule has 0 spiro atoms. The van der Waals surface area contributed by atoms with E-state index in [0.717, 1.165) is 24.2 Å². The third-order valence-corrected chi connectivity index (χ3v) is 3.28. The molecule has 1 amide bonds. The van der Waals surface area contributed by atoms with Gasteiger partial charge in [0.05, 0.1) is 6.54 Å². The molecule has 1 N–H and O–H groups in total. The number of hydrogen-bond acceptors (Lipinski definition) is 3. The van der Waals surface area contributed by atoms with Gasteiger partial charge in [0.1, 0.15) is 6.61 Å². The van der Waals surface area contributed by atoms with Crippen LogP contribution in [0.4, 0.5) is 0 Å². The van der Waals surface area contributed by atoms with E-state index < -0.39 is 0 Å². The van der Waals surface area contributed by atoms with Gasteiger partial charge in [0, 0.05) is 25.2 Å². The molecule has 0 heterocycles. The molecule has 0 aliphatic heterocycles. The van der Waals surface area contributed by atoms with E-state index in [9.17, 15) is 4.79 Å². The minimum Gasteiger partial charge on any atom is -0.384 e. The summed E-state index contributed by atoms with van der Waals surface area (Å²) in [7, 11) is 1.93. The fraction of sp³-hybridized carbons (Fsp3) is 0.471. The zero-order valence-electron chi connectivity index (χ0n) is 13.1. The van der Waals surface area contributed by atoms with Crippen LogP contribution in [0.3, 0.4) is 0 Å². The van der Waals surface area contributed by atoms with Crippen LogP contribution in [0.15, 0.2) is 24.3 Å². The van der Waals surface area contributed by atoms with Crippen molar-refractivity contribution in [3.8, 4) is 11.8 Å². The summed E-state index contributed by atoms with van der Waals surface area (Å²) >= 11 is 0.